The molecule has 0 aliphatic carbocycles. The predicted molar refractivity (Wildman–Crippen MR) is 77.9 cm³/mol. The predicted octanol–water partition coefficient (Wildman–Crippen LogP) is 1.72. The Hall–Kier alpha value is -1.21. The topological polar surface area (TPSA) is 75.2 Å². The Labute approximate surface area is 120 Å². The zero-order valence-electron chi connectivity index (χ0n) is 12.2. The van der Waals surface area contributed by atoms with E-state index in [4.69, 9.17) is 0 Å². The highest BCUT2D eigenvalue weighted by atomic mass is 32.2. The summed E-state index contributed by atoms with van der Waals surface area (Å²) in [4.78, 5) is 8.25. The second-order valence-electron chi connectivity index (χ2n) is 5.37. The Morgan fingerprint density at radius 3 is 2.55 bits per heavy atom. The van der Waals surface area contributed by atoms with Gasteiger partial charge in [-0.2, -0.15) is 4.31 Å². The van der Waals surface area contributed by atoms with E-state index in [1.165, 1.54) is 12.4 Å². The Kier molecular flexibility index (Phi) is 4.59. The van der Waals surface area contributed by atoms with Gasteiger partial charge in [-0.3, -0.25) is 0 Å². The highest BCUT2D eigenvalue weighted by Crippen LogP contribution is 2.27. The molecule has 7 heteroatoms. The minimum absolute atomic E-state index is 0.0252. The SMILES string of the molecule is CCNc1ncc(S(=O)(=O)N2CCC(C)CC2C)cn1. The van der Waals surface area contributed by atoms with E-state index in [9.17, 15) is 8.42 Å². The summed E-state index contributed by atoms with van der Waals surface area (Å²) in [5.74, 6) is 1.02. The van der Waals surface area contributed by atoms with Crippen LogP contribution in [-0.2, 0) is 10.0 Å². The second kappa shape index (κ2) is 6.05. The minimum Gasteiger partial charge on any atom is -0.355 e. The molecule has 0 spiro atoms. The van der Waals surface area contributed by atoms with Crippen LogP contribution in [0.1, 0.15) is 33.6 Å². The standard InChI is InChI=1S/C13H22N4O2S/c1-4-14-13-15-8-12(9-16-13)20(18,19)17-6-5-10(2)7-11(17)3/h8-11H,4-7H2,1-3H3,(H,14,15,16). The molecule has 0 saturated carbocycles. The van der Waals surface area contributed by atoms with Gasteiger partial charge in [0.15, 0.2) is 0 Å². The van der Waals surface area contributed by atoms with Crippen LogP contribution in [0.3, 0.4) is 0 Å². The van der Waals surface area contributed by atoms with Crippen molar-refractivity contribution in [1.29, 1.82) is 0 Å². The monoisotopic (exact) mass is 298 g/mol. The van der Waals surface area contributed by atoms with Crippen molar-refractivity contribution in [3.63, 3.8) is 0 Å². The minimum atomic E-state index is -3.49. The van der Waals surface area contributed by atoms with Gasteiger partial charge in [0.2, 0.25) is 16.0 Å². The zero-order chi connectivity index (χ0) is 14.8. The summed E-state index contributed by atoms with van der Waals surface area (Å²) in [6, 6.07) is 0.0252. The first kappa shape index (κ1) is 15.2. The van der Waals surface area contributed by atoms with Crippen LogP contribution in [0, 0.1) is 5.92 Å². The van der Waals surface area contributed by atoms with Gasteiger partial charge in [0, 0.05) is 19.1 Å². The van der Waals surface area contributed by atoms with Crippen LogP contribution in [-0.4, -0.2) is 41.8 Å². The highest BCUT2D eigenvalue weighted by Gasteiger charge is 2.33. The Morgan fingerprint density at radius 1 is 1.35 bits per heavy atom. The number of nitrogens with one attached hydrogen (secondary N) is 1. The van der Waals surface area contributed by atoms with E-state index in [0.717, 1.165) is 12.8 Å². The third kappa shape index (κ3) is 3.09. The van der Waals surface area contributed by atoms with Crippen LogP contribution in [0.4, 0.5) is 5.95 Å². The van der Waals surface area contributed by atoms with Gasteiger partial charge in [0.25, 0.3) is 0 Å². The molecule has 0 bridgehead atoms. The molecule has 2 unspecified atom stereocenters. The average Bonchev–Trinajstić information content (AvgIpc) is 2.39. The quantitative estimate of drug-likeness (QED) is 0.916. The fourth-order valence-corrected chi connectivity index (χ4v) is 4.13. The first-order chi connectivity index (χ1) is 9.45. The summed E-state index contributed by atoms with van der Waals surface area (Å²) in [6.07, 6.45) is 4.56. The first-order valence-electron chi connectivity index (χ1n) is 7.03. The van der Waals surface area contributed by atoms with Crippen LogP contribution in [0.2, 0.25) is 0 Å². The van der Waals surface area contributed by atoms with Gasteiger partial charge < -0.3 is 5.32 Å². The molecule has 1 fully saturated rings. The molecule has 2 heterocycles. The molecule has 1 aromatic rings. The van der Waals surface area contributed by atoms with E-state index in [1.54, 1.807) is 4.31 Å². The molecule has 112 valence electrons. The third-order valence-electron chi connectivity index (χ3n) is 3.65. The number of aromatic nitrogens is 2. The largest absolute Gasteiger partial charge is 0.355 e. The first-order valence-corrected chi connectivity index (χ1v) is 8.47. The third-order valence-corrected chi connectivity index (χ3v) is 5.61. The van der Waals surface area contributed by atoms with Gasteiger partial charge in [0.05, 0.1) is 12.4 Å². The number of rotatable bonds is 4. The fraction of sp³-hybridized carbons (Fsp3) is 0.692. The van der Waals surface area contributed by atoms with Crippen molar-refractivity contribution in [3.05, 3.63) is 12.4 Å². The summed E-state index contributed by atoms with van der Waals surface area (Å²) in [5, 5.41) is 2.95. The molecule has 2 rings (SSSR count). The average molecular weight is 298 g/mol. The van der Waals surface area contributed by atoms with E-state index in [1.807, 2.05) is 13.8 Å². The van der Waals surface area contributed by atoms with Gasteiger partial charge in [-0.1, -0.05) is 6.92 Å². The number of nitrogens with zero attached hydrogens (tertiary/aromatic N) is 3. The smallest absolute Gasteiger partial charge is 0.246 e. The van der Waals surface area contributed by atoms with Gasteiger partial charge in [0.1, 0.15) is 4.90 Å². The Morgan fingerprint density at radius 2 is 2.00 bits per heavy atom. The number of anilines is 1. The molecular formula is C13H22N4O2S. The molecule has 1 aliphatic heterocycles. The summed E-state index contributed by atoms with van der Waals surface area (Å²) in [6.45, 7) is 7.33. The summed E-state index contributed by atoms with van der Waals surface area (Å²) in [5.41, 5.74) is 0. The molecule has 0 radical (unpaired) electrons. The number of hydrogen-bond donors (Lipinski definition) is 1. The van der Waals surface area contributed by atoms with Gasteiger partial charge in [-0.15, -0.1) is 0 Å². The summed E-state index contributed by atoms with van der Waals surface area (Å²) >= 11 is 0. The lowest BCUT2D eigenvalue weighted by Gasteiger charge is -2.35. The van der Waals surface area contributed by atoms with Crippen LogP contribution in [0.15, 0.2) is 17.3 Å². The molecule has 1 aromatic heterocycles. The highest BCUT2D eigenvalue weighted by molar-refractivity contribution is 7.89. The molecule has 2 atom stereocenters. The number of piperidine rings is 1. The summed E-state index contributed by atoms with van der Waals surface area (Å²) in [7, 11) is -3.49. The second-order valence-corrected chi connectivity index (χ2v) is 7.26. The Balaban J connectivity index is 2.21. The van der Waals surface area contributed by atoms with Crippen LogP contribution >= 0.6 is 0 Å². The van der Waals surface area contributed by atoms with Crippen molar-refractivity contribution in [2.75, 3.05) is 18.4 Å². The maximum Gasteiger partial charge on any atom is 0.246 e. The van der Waals surface area contributed by atoms with Crippen molar-refractivity contribution in [3.8, 4) is 0 Å². The van der Waals surface area contributed by atoms with Crippen molar-refractivity contribution in [2.24, 2.45) is 5.92 Å². The molecule has 1 N–H and O–H groups in total. The molecular weight excluding hydrogens is 276 g/mol. The molecule has 0 aromatic carbocycles. The van der Waals surface area contributed by atoms with Gasteiger partial charge >= 0.3 is 0 Å². The van der Waals surface area contributed by atoms with Crippen molar-refractivity contribution in [2.45, 2.75) is 44.6 Å². The van der Waals surface area contributed by atoms with E-state index >= 15 is 0 Å². The van der Waals surface area contributed by atoms with Gasteiger partial charge in [-0.05, 0) is 32.6 Å². The zero-order valence-corrected chi connectivity index (χ0v) is 13.0. The van der Waals surface area contributed by atoms with E-state index in [0.29, 0.717) is 25.0 Å². The molecule has 6 nitrogen and oxygen atoms in total. The summed E-state index contributed by atoms with van der Waals surface area (Å²) < 4.78 is 26.8. The normalized spacial score (nSPS) is 24.6. The lowest BCUT2D eigenvalue weighted by Crippen LogP contribution is -2.44. The lowest BCUT2D eigenvalue weighted by atomic mass is 9.95. The van der Waals surface area contributed by atoms with E-state index in [-0.39, 0.29) is 10.9 Å². The molecule has 1 aliphatic rings. The maximum atomic E-state index is 12.6. The maximum absolute atomic E-state index is 12.6. The van der Waals surface area contributed by atoms with Crippen LogP contribution < -0.4 is 5.32 Å². The van der Waals surface area contributed by atoms with Crippen molar-refractivity contribution < 1.29 is 8.42 Å². The molecule has 1 saturated heterocycles. The van der Waals surface area contributed by atoms with E-state index < -0.39 is 10.0 Å². The Bertz CT molecular complexity index is 544. The number of sulfonamides is 1. The lowest BCUT2D eigenvalue weighted by molar-refractivity contribution is 0.220. The van der Waals surface area contributed by atoms with Crippen LogP contribution in [0.25, 0.3) is 0 Å². The fourth-order valence-electron chi connectivity index (χ4n) is 2.58. The van der Waals surface area contributed by atoms with Crippen molar-refractivity contribution >= 4 is 16.0 Å². The molecule has 0 amide bonds. The van der Waals surface area contributed by atoms with Crippen LogP contribution in [0.5, 0.6) is 0 Å². The molecule has 20 heavy (non-hydrogen) atoms. The number of hydrogen-bond acceptors (Lipinski definition) is 5. The van der Waals surface area contributed by atoms with E-state index in [2.05, 4.69) is 22.2 Å². The van der Waals surface area contributed by atoms with Crippen molar-refractivity contribution in [1.82, 2.24) is 14.3 Å². The van der Waals surface area contributed by atoms with Gasteiger partial charge in [-0.25, -0.2) is 18.4 Å².